The van der Waals surface area contributed by atoms with Crippen LogP contribution in [0.25, 0.3) is 0 Å². The number of hydrogen-bond donors (Lipinski definition) is 0. The molecule has 2 heteroatoms. The Labute approximate surface area is 82.2 Å². The van der Waals surface area contributed by atoms with Gasteiger partial charge in [-0.1, -0.05) is 30.3 Å². The third-order valence-corrected chi connectivity index (χ3v) is 2.03. The quantitative estimate of drug-likeness (QED) is 0.690. The molecular weight excluding hydrogens is 176 g/mol. The second kappa shape index (κ2) is 3.92. The monoisotopic (exact) mass is 186 g/mol. The Morgan fingerprint density at radius 2 is 2.00 bits per heavy atom. The summed E-state index contributed by atoms with van der Waals surface area (Å²) in [7, 11) is 0. The third kappa shape index (κ3) is 1.91. The summed E-state index contributed by atoms with van der Waals surface area (Å²) in [6, 6.07) is 11.8. The zero-order valence-corrected chi connectivity index (χ0v) is 7.64. The van der Waals surface area contributed by atoms with Crippen molar-refractivity contribution in [1.29, 1.82) is 0 Å². The molecule has 0 aliphatic rings. The summed E-state index contributed by atoms with van der Waals surface area (Å²) in [6.45, 7) is 0. The standard InChI is InChI=1S/C12H10O2/c13-8-11-7-12(14-9-11)6-10-4-2-1-3-5-10/h1-5,7-9H,6H2. The van der Waals surface area contributed by atoms with Crippen molar-refractivity contribution in [2.75, 3.05) is 0 Å². The number of carbonyl (C=O) groups excluding carboxylic acids is 1. The number of benzene rings is 1. The molecule has 0 aliphatic heterocycles. The third-order valence-electron chi connectivity index (χ3n) is 2.03. The van der Waals surface area contributed by atoms with Gasteiger partial charge in [-0.25, -0.2) is 0 Å². The maximum absolute atomic E-state index is 10.4. The van der Waals surface area contributed by atoms with Gasteiger partial charge in [-0.3, -0.25) is 4.79 Å². The van der Waals surface area contributed by atoms with Gasteiger partial charge in [-0.2, -0.15) is 0 Å². The smallest absolute Gasteiger partial charge is 0.153 e. The predicted molar refractivity (Wildman–Crippen MR) is 53.3 cm³/mol. The van der Waals surface area contributed by atoms with E-state index in [4.69, 9.17) is 4.42 Å². The maximum Gasteiger partial charge on any atom is 0.153 e. The first-order valence-corrected chi connectivity index (χ1v) is 4.45. The zero-order valence-electron chi connectivity index (χ0n) is 7.64. The average molecular weight is 186 g/mol. The normalized spacial score (nSPS) is 10.0. The zero-order chi connectivity index (χ0) is 9.80. The molecule has 2 aromatic rings. The van der Waals surface area contributed by atoms with E-state index in [0.717, 1.165) is 18.5 Å². The molecule has 70 valence electrons. The Balaban J connectivity index is 2.15. The Kier molecular flexibility index (Phi) is 2.45. The summed E-state index contributed by atoms with van der Waals surface area (Å²) >= 11 is 0. The largest absolute Gasteiger partial charge is 0.468 e. The van der Waals surface area contributed by atoms with Gasteiger partial charge >= 0.3 is 0 Å². The van der Waals surface area contributed by atoms with E-state index in [1.807, 2.05) is 30.3 Å². The van der Waals surface area contributed by atoms with Crippen molar-refractivity contribution in [3.8, 4) is 0 Å². The summed E-state index contributed by atoms with van der Waals surface area (Å²) in [6.07, 6.45) is 3.00. The lowest BCUT2D eigenvalue weighted by Gasteiger charge is -1.95. The van der Waals surface area contributed by atoms with Gasteiger partial charge in [0, 0.05) is 6.42 Å². The van der Waals surface area contributed by atoms with Crippen LogP contribution in [0.2, 0.25) is 0 Å². The van der Waals surface area contributed by atoms with E-state index in [1.165, 1.54) is 11.8 Å². The summed E-state index contributed by atoms with van der Waals surface area (Å²) < 4.78 is 5.23. The van der Waals surface area contributed by atoms with Crippen LogP contribution in [0, 0.1) is 0 Å². The summed E-state index contributed by atoms with van der Waals surface area (Å²) in [5.41, 5.74) is 1.77. The van der Waals surface area contributed by atoms with Gasteiger partial charge in [0.2, 0.25) is 0 Å². The first kappa shape index (κ1) is 8.75. The molecular formula is C12H10O2. The molecule has 2 nitrogen and oxygen atoms in total. The highest BCUT2D eigenvalue weighted by Crippen LogP contribution is 2.11. The Morgan fingerprint density at radius 3 is 2.64 bits per heavy atom. The van der Waals surface area contributed by atoms with Crippen LogP contribution >= 0.6 is 0 Å². The summed E-state index contributed by atoms with van der Waals surface area (Å²) in [5.74, 6) is 0.818. The number of carbonyl (C=O) groups is 1. The SMILES string of the molecule is O=Cc1coc(Cc2ccccc2)c1. The second-order valence-corrected chi connectivity index (χ2v) is 3.13. The van der Waals surface area contributed by atoms with Gasteiger partial charge in [0.25, 0.3) is 0 Å². The topological polar surface area (TPSA) is 30.2 Å². The number of aldehydes is 1. The van der Waals surface area contributed by atoms with Crippen LogP contribution in [0.4, 0.5) is 0 Å². The van der Waals surface area contributed by atoms with Gasteiger partial charge in [0.1, 0.15) is 12.0 Å². The minimum Gasteiger partial charge on any atom is -0.468 e. The molecule has 2 rings (SSSR count). The molecule has 0 unspecified atom stereocenters. The minimum atomic E-state index is 0.593. The van der Waals surface area contributed by atoms with Gasteiger partial charge in [-0.05, 0) is 11.6 Å². The predicted octanol–water partition coefficient (Wildman–Crippen LogP) is 2.68. The molecule has 0 atom stereocenters. The average Bonchev–Trinajstić information content (AvgIpc) is 2.67. The molecule has 0 aliphatic carbocycles. The van der Waals surface area contributed by atoms with E-state index in [9.17, 15) is 4.79 Å². The van der Waals surface area contributed by atoms with Crippen LogP contribution < -0.4 is 0 Å². The Bertz CT molecular complexity index is 415. The van der Waals surface area contributed by atoms with Crippen molar-refractivity contribution in [3.63, 3.8) is 0 Å². The molecule has 0 saturated carbocycles. The van der Waals surface area contributed by atoms with Crippen LogP contribution in [0.15, 0.2) is 47.1 Å². The molecule has 1 heterocycles. The number of rotatable bonds is 3. The van der Waals surface area contributed by atoms with Gasteiger partial charge in [0.05, 0.1) is 5.56 Å². The molecule has 1 aromatic carbocycles. The van der Waals surface area contributed by atoms with Crippen LogP contribution in [-0.4, -0.2) is 6.29 Å². The Hall–Kier alpha value is -1.83. The van der Waals surface area contributed by atoms with Gasteiger partial charge < -0.3 is 4.42 Å². The highest BCUT2D eigenvalue weighted by molar-refractivity contribution is 5.74. The van der Waals surface area contributed by atoms with E-state index >= 15 is 0 Å². The fourth-order valence-electron chi connectivity index (χ4n) is 1.35. The Morgan fingerprint density at radius 1 is 1.21 bits per heavy atom. The summed E-state index contributed by atoms with van der Waals surface area (Å²) in [5, 5.41) is 0. The first-order valence-electron chi connectivity index (χ1n) is 4.45. The van der Waals surface area contributed by atoms with E-state index in [2.05, 4.69) is 0 Å². The van der Waals surface area contributed by atoms with E-state index < -0.39 is 0 Å². The lowest BCUT2D eigenvalue weighted by atomic mass is 10.1. The lowest BCUT2D eigenvalue weighted by Crippen LogP contribution is -1.83. The van der Waals surface area contributed by atoms with Gasteiger partial charge in [-0.15, -0.1) is 0 Å². The number of hydrogen-bond acceptors (Lipinski definition) is 2. The van der Waals surface area contributed by atoms with Crippen molar-refractivity contribution in [1.82, 2.24) is 0 Å². The van der Waals surface area contributed by atoms with Crippen molar-refractivity contribution in [2.24, 2.45) is 0 Å². The fourth-order valence-corrected chi connectivity index (χ4v) is 1.35. The van der Waals surface area contributed by atoms with Crippen molar-refractivity contribution in [3.05, 3.63) is 59.5 Å². The van der Waals surface area contributed by atoms with E-state index in [-0.39, 0.29) is 0 Å². The molecule has 14 heavy (non-hydrogen) atoms. The molecule has 0 spiro atoms. The number of furan rings is 1. The first-order chi connectivity index (χ1) is 6.88. The van der Waals surface area contributed by atoms with Crippen molar-refractivity contribution >= 4 is 6.29 Å². The van der Waals surface area contributed by atoms with Crippen LogP contribution in [0.3, 0.4) is 0 Å². The highest BCUT2D eigenvalue weighted by atomic mass is 16.3. The molecule has 0 bridgehead atoms. The fraction of sp³-hybridized carbons (Fsp3) is 0.0833. The van der Waals surface area contributed by atoms with Crippen molar-refractivity contribution < 1.29 is 9.21 Å². The minimum absolute atomic E-state index is 0.593. The highest BCUT2D eigenvalue weighted by Gasteiger charge is 2.01. The van der Waals surface area contributed by atoms with Gasteiger partial charge in [0.15, 0.2) is 6.29 Å². The maximum atomic E-state index is 10.4. The molecule has 0 N–H and O–H groups in total. The van der Waals surface area contributed by atoms with E-state index in [1.54, 1.807) is 6.07 Å². The lowest BCUT2D eigenvalue weighted by molar-refractivity contribution is 0.112. The molecule has 0 fully saturated rings. The molecule has 0 radical (unpaired) electrons. The van der Waals surface area contributed by atoms with Crippen LogP contribution in [-0.2, 0) is 6.42 Å². The van der Waals surface area contributed by atoms with E-state index in [0.29, 0.717) is 5.56 Å². The van der Waals surface area contributed by atoms with Crippen LogP contribution in [0.1, 0.15) is 21.7 Å². The molecule has 1 aromatic heterocycles. The second-order valence-electron chi connectivity index (χ2n) is 3.13. The van der Waals surface area contributed by atoms with Crippen LogP contribution in [0.5, 0.6) is 0 Å². The van der Waals surface area contributed by atoms with Crippen molar-refractivity contribution in [2.45, 2.75) is 6.42 Å². The molecule has 0 amide bonds. The summed E-state index contributed by atoms with van der Waals surface area (Å²) in [4.78, 5) is 10.4. The molecule has 0 saturated heterocycles.